The predicted molar refractivity (Wildman–Crippen MR) is 160 cm³/mol. The number of hydrogen-bond donors (Lipinski definition) is 4. The highest BCUT2D eigenvalue weighted by Crippen LogP contribution is 2.60. The van der Waals surface area contributed by atoms with Crippen LogP contribution in [-0.2, 0) is 24.5 Å². The van der Waals surface area contributed by atoms with Crippen LogP contribution in [0.2, 0.25) is 0 Å². The summed E-state index contributed by atoms with van der Waals surface area (Å²) < 4.78 is 10.6. The fourth-order valence-corrected chi connectivity index (χ4v) is 6.64. The van der Waals surface area contributed by atoms with Crippen molar-refractivity contribution in [3.8, 4) is 0 Å². The number of amides is 3. The second kappa shape index (κ2) is 12.1. The molecule has 42 heavy (non-hydrogen) atoms. The minimum Gasteiger partial charge on any atom is -0.453 e. The minimum absolute atomic E-state index is 0.126. The van der Waals surface area contributed by atoms with E-state index < -0.39 is 17.6 Å². The third kappa shape index (κ3) is 5.78. The standard InChI is InChI=1S/C32H45N5O5/c1-6-33-28(38)25(20-11-8-12-20)36-29(39)32(3,18-41-4)21-13-14-22-23(17-21)35-27(34-22)26(37-30(40)42-5)24(19-9-7-10-19)31(2)15-16-31/h11,13-14,17,19,24-26H,6-10,12,15-16,18H2,1-5H3,(H,33,38)(H,34,35)(H,36,39)(H,37,40)/t24?,25-,26?,32?/m1/s1. The third-order valence-corrected chi connectivity index (χ3v) is 9.78. The summed E-state index contributed by atoms with van der Waals surface area (Å²) in [6.45, 7) is 6.61. The number of aromatic nitrogens is 2. The Kier molecular flexibility index (Phi) is 8.64. The summed E-state index contributed by atoms with van der Waals surface area (Å²) in [6.07, 6.45) is 9.02. The zero-order valence-electron chi connectivity index (χ0n) is 25.5. The minimum atomic E-state index is -1.07. The van der Waals surface area contributed by atoms with Gasteiger partial charge in [-0.3, -0.25) is 9.59 Å². The number of carbonyl (C=O) groups excluding carboxylic acids is 3. The molecule has 1 aromatic carbocycles. The number of rotatable bonds is 13. The maximum Gasteiger partial charge on any atom is 0.407 e. The molecule has 4 N–H and O–H groups in total. The Hall–Kier alpha value is -3.40. The van der Waals surface area contributed by atoms with Crippen LogP contribution < -0.4 is 16.0 Å². The number of ether oxygens (including phenoxy) is 2. The number of nitrogens with one attached hydrogen (secondary N) is 4. The van der Waals surface area contributed by atoms with E-state index in [-0.39, 0.29) is 35.8 Å². The Balaban J connectivity index is 1.47. The van der Waals surface area contributed by atoms with E-state index in [2.05, 4.69) is 27.9 Å². The smallest absolute Gasteiger partial charge is 0.407 e. The maximum atomic E-state index is 13.9. The van der Waals surface area contributed by atoms with Crippen LogP contribution in [0.5, 0.6) is 0 Å². The van der Waals surface area contributed by atoms with Gasteiger partial charge in [0.2, 0.25) is 11.8 Å². The lowest BCUT2D eigenvalue weighted by Gasteiger charge is -2.42. The average Bonchev–Trinajstić information content (AvgIpc) is 3.51. The lowest BCUT2D eigenvalue weighted by atomic mass is 9.66. The molecule has 2 saturated carbocycles. The first-order chi connectivity index (χ1) is 20.1. The summed E-state index contributed by atoms with van der Waals surface area (Å²) >= 11 is 0. The lowest BCUT2D eigenvalue weighted by Crippen LogP contribution is -2.54. The number of hydrogen-bond acceptors (Lipinski definition) is 6. The molecule has 3 aliphatic rings. The number of aromatic amines is 1. The van der Waals surface area contributed by atoms with Gasteiger partial charge >= 0.3 is 6.09 Å². The van der Waals surface area contributed by atoms with Crippen molar-refractivity contribution in [3.63, 3.8) is 0 Å². The summed E-state index contributed by atoms with van der Waals surface area (Å²) in [7, 11) is 2.95. The van der Waals surface area contributed by atoms with E-state index in [0.717, 1.165) is 60.7 Å². The first-order valence-corrected chi connectivity index (χ1v) is 15.2. The predicted octanol–water partition coefficient (Wildman–Crippen LogP) is 4.42. The van der Waals surface area contributed by atoms with Crippen LogP contribution in [0.15, 0.2) is 29.8 Å². The molecule has 3 unspecified atom stereocenters. The number of nitrogens with zero attached hydrogens (tertiary/aromatic N) is 1. The molecule has 2 fully saturated rings. The van der Waals surface area contributed by atoms with Crippen molar-refractivity contribution in [1.82, 2.24) is 25.9 Å². The van der Waals surface area contributed by atoms with Crippen LogP contribution >= 0.6 is 0 Å². The summed E-state index contributed by atoms with van der Waals surface area (Å²) in [5.74, 6) is 0.982. The SMILES string of the molecule is CCNC(=O)[C@H](NC(=O)C(C)(COC)c1ccc2nc(C(NC(=O)OC)C(C3CCC3)C3(C)CC3)[nH]c2c1)C1=CCC1. The molecule has 2 aromatic rings. The van der Waals surface area contributed by atoms with E-state index in [0.29, 0.717) is 18.3 Å². The summed E-state index contributed by atoms with van der Waals surface area (Å²) in [6, 6.07) is 4.70. The van der Waals surface area contributed by atoms with E-state index in [1.165, 1.54) is 13.5 Å². The number of methoxy groups -OCH3 is 2. The number of likely N-dealkylation sites (N-methyl/N-ethyl adjacent to an activating group) is 1. The second-order valence-electron chi connectivity index (χ2n) is 12.7. The van der Waals surface area contributed by atoms with Crippen LogP contribution in [0.25, 0.3) is 11.0 Å². The third-order valence-electron chi connectivity index (χ3n) is 9.78. The van der Waals surface area contributed by atoms with Crippen LogP contribution in [0.4, 0.5) is 4.79 Å². The van der Waals surface area contributed by atoms with Crippen LogP contribution in [0.3, 0.4) is 0 Å². The van der Waals surface area contributed by atoms with Gasteiger partial charge in [0.15, 0.2) is 0 Å². The van der Waals surface area contributed by atoms with Gasteiger partial charge in [0.25, 0.3) is 0 Å². The molecule has 0 bridgehead atoms. The highest BCUT2D eigenvalue weighted by atomic mass is 16.5. The van der Waals surface area contributed by atoms with Crippen LogP contribution in [0, 0.1) is 17.3 Å². The van der Waals surface area contributed by atoms with E-state index >= 15 is 0 Å². The van der Waals surface area contributed by atoms with Crippen molar-refractivity contribution < 1.29 is 23.9 Å². The molecule has 3 amide bonds. The monoisotopic (exact) mass is 579 g/mol. The van der Waals surface area contributed by atoms with Gasteiger partial charge in [-0.15, -0.1) is 0 Å². The number of fused-ring (bicyclic) bond motifs is 1. The van der Waals surface area contributed by atoms with Gasteiger partial charge in [-0.25, -0.2) is 9.78 Å². The normalized spacial score (nSPS) is 21.0. The van der Waals surface area contributed by atoms with Gasteiger partial charge < -0.3 is 30.4 Å². The summed E-state index contributed by atoms with van der Waals surface area (Å²) in [5, 5.41) is 8.95. The molecule has 3 aliphatic carbocycles. The molecule has 10 nitrogen and oxygen atoms in total. The average molecular weight is 580 g/mol. The lowest BCUT2D eigenvalue weighted by molar-refractivity contribution is -0.132. The molecular weight excluding hydrogens is 534 g/mol. The van der Waals surface area contributed by atoms with E-state index in [9.17, 15) is 14.4 Å². The number of alkyl carbamates (subject to hydrolysis) is 1. The molecule has 0 radical (unpaired) electrons. The zero-order valence-corrected chi connectivity index (χ0v) is 25.5. The van der Waals surface area contributed by atoms with Crippen molar-refractivity contribution in [3.05, 3.63) is 41.2 Å². The van der Waals surface area contributed by atoms with Gasteiger partial charge in [0.05, 0.1) is 36.2 Å². The summed E-state index contributed by atoms with van der Waals surface area (Å²) in [5.41, 5.74) is 2.28. The Morgan fingerprint density at radius 1 is 1.19 bits per heavy atom. The van der Waals surface area contributed by atoms with Crippen molar-refractivity contribution in [2.24, 2.45) is 17.3 Å². The first-order valence-electron chi connectivity index (χ1n) is 15.2. The molecule has 1 aromatic heterocycles. The first kappa shape index (κ1) is 30.1. The fourth-order valence-electron chi connectivity index (χ4n) is 6.64. The molecule has 0 aliphatic heterocycles. The molecular formula is C32H45N5O5. The topological polar surface area (TPSA) is 134 Å². The number of H-pyrrole nitrogens is 1. The Bertz CT molecular complexity index is 1360. The summed E-state index contributed by atoms with van der Waals surface area (Å²) in [4.78, 5) is 47.6. The Morgan fingerprint density at radius 3 is 2.48 bits per heavy atom. The number of imidazole rings is 1. The van der Waals surface area contributed by atoms with Gasteiger partial charge in [-0.05, 0) is 80.1 Å². The van der Waals surface area contributed by atoms with Gasteiger partial charge in [-0.2, -0.15) is 0 Å². The van der Waals surface area contributed by atoms with Crippen molar-refractivity contribution >= 4 is 28.9 Å². The fraction of sp³-hybridized carbons (Fsp3) is 0.625. The molecule has 0 saturated heterocycles. The molecule has 10 heteroatoms. The molecule has 4 atom stereocenters. The zero-order chi connectivity index (χ0) is 30.1. The van der Waals surface area contributed by atoms with Crippen molar-refractivity contribution in [1.29, 1.82) is 0 Å². The van der Waals surface area contributed by atoms with Crippen LogP contribution in [-0.4, -0.2) is 61.3 Å². The number of benzene rings is 1. The molecule has 1 heterocycles. The maximum absolute atomic E-state index is 13.9. The van der Waals surface area contributed by atoms with Crippen molar-refractivity contribution in [2.45, 2.75) is 83.2 Å². The van der Waals surface area contributed by atoms with Gasteiger partial charge in [-0.1, -0.05) is 38.3 Å². The van der Waals surface area contributed by atoms with E-state index in [4.69, 9.17) is 14.5 Å². The molecule has 5 rings (SSSR count). The number of allylic oxidation sites excluding steroid dienone is 1. The molecule has 0 spiro atoms. The van der Waals surface area contributed by atoms with E-state index in [1.54, 1.807) is 7.11 Å². The second-order valence-corrected chi connectivity index (χ2v) is 12.7. The highest BCUT2D eigenvalue weighted by Gasteiger charge is 2.53. The largest absolute Gasteiger partial charge is 0.453 e. The Morgan fingerprint density at radius 2 is 1.93 bits per heavy atom. The van der Waals surface area contributed by atoms with Crippen molar-refractivity contribution in [2.75, 3.05) is 27.4 Å². The van der Waals surface area contributed by atoms with Gasteiger partial charge in [0, 0.05) is 13.7 Å². The quantitative estimate of drug-likeness (QED) is 0.260. The Labute approximate surface area is 247 Å². The highest BCUT2D eigenvalue weighted by molar-refractivity contribution is 5.95. The molecule has 228 valence electrons. The van der Waals surface area contributed by atoms with Gasteiger partial charge in [0.1, 0.15) is 11.9 Å². The number of carbonyl (C=O) groups is 3. The van der Waals surface area contributed by atoms with Crippen LogP contribution in [0.1, 0.15) is 83.1 Å². The van der Waals surface area contributed by atoms with E-state index in [1.807, 2.05) is 38.1 Å².